The molecule has 1 fully saturated rings. The highest BCUT2D eigenvalue weighted by Crippen LogP contribution is 2.43. The van der Waals surface area contributed by atoms with Crippen molar-refractivity contribution in [3.05, 3.63) is 0 Å². The van der Waals surface area contributed by atoms with Crippen LogP contribution < -0.4 is 0 Å². The van der Waals surface area contributed by atoms with E-state index >= 15 is 0 Å². The van der Waals surface area contributed by atoms with E-state index in [-0.39, 0.29) is 12.2 Å². The van der Waals surface area contributed by atoms with Gasteiger partial charge in [-0.15, -0.1) is 6.42 Å². The van der Waals surface area contributed by atoms with Crippen molar-refractivity contribution < 1.29 is 14.3 Å². The summed E-state index contributed by atoms with van der Waals surface area (Å²) in [5.41, 5.74) is 1.67. The van der Waals surface area contributed by atoms with Crippen molar-refractivity contribution in [1.29, 1.82) is 0 Å². The minimum atomic E-state index is -1.84. The van der Waals surface area contributed by atoms with Gasteiger partial charge in [-0.05, 0) is 16.6 Å². The summed E-state index contributed by atoms with van der Waals surface area (Å²) in [6.07, 6.45) is 4.12. The zero-order valence-corrected chi connectivity index (χ0v) is 14.0. The van der Waals surface area contributed by atoms with E-state index < -0.39 is 14.4 Å². The Morgan fingerprint density at radius 1 is 1.16 bits per heavy atom. The Bertz CT molecular complexity index is 311. The topological polar surface area (TPSA) is 42.0 Å². The first-order valence-electron chi connectivity index (χ1n) is 7.20. The lowest BCUT2D eigenvalue weighted by Crippen LogP contribution is -2.48. The van der Waals surface area contributed by atoms with Gasteiger partial charge in [0.15, 0.2) is 8.32 Å². The van der Waals surface area contributed by atoms with Crippen LogP contribution in [0.1, 0.15) is 41.5 Å². The molecule has 0 aromatic carbocycles. The molecule has 1 rings (SSSR count). The van der Waals surface area contributed by atoms with Gasteiger partial charge in [-0.1, -0.05) is 47.5 Å². The predicted octanol–water partition coefficient (Wildman–Crippen LogP) is 2.94. The van der Waals surface area contributed by atoms with E-state index in [0.717, 1.165) is 0 Å². The van der Waals surface area contributed by atoms with E-state index in [0.29, 0.717) is 23.2 Å². The lowest BCUT2D eigenvalue weighted by Gasteiger charge is -2.42. The van der Waals surface area contributed by atoms with Gasteiger partial charge in [0.05, 0.1) is 6.61 Å². The summed E-state index contributed by atoms with van der Waals surface area (Å²) in [5, 5.41) is 9.52. The molecule has 1 aliphatic rings. The summed E-state index contributed by atoms with van der Waals surface area (Å²) >= 11 is 0. The van der Waals surface area contributed by atoms with Crippen molar-refractivity contribution in [1.82, 2.24) is 0 Å². The highest BCUT2D eigenvalue weighted by molar-refractivity contribution is 6.77. The average Bonchev–Trinajstić information content (AvgIpc) is 3.07. The van der Waals surface area contributed by atoms with Crippen molar-refractivity contribution >= 4 is 8.32 Å². The molecule has 3 atom stereocenters. The molecular formula is C15H28O3Si. The second kappa shape index (κ2) is 6.40. The molecule has 0 radical (unpaired) electrons. The molecule has 0 bridgehead atoms. The van der Waals surface area contributed by atoms with Gasteiger partial charge in [0.2, 0.25) is 0 Å². The number of hydrogen-bond acceptors (Lipinski definition) is 3. The minimum absolute atomic E-state index is 0.0332. The smallest absolute Gasteiger partial charge is 0.200 e. The molecule has 110 valence electrons. The molecule has 1 N–H and O–H groups in total. The fourth-order valence-corrected chi connectivity index (χ4v) is 8.84. The molecule has 0 saturated carbocycles. The number of aliphatic hydroxyl groups excluding tert-OH is 1. The van der Waals surface area contributed by atoms with E-state index in [2.05, 4.69) is 47.5 Å². The van der Waals surface area contributed by atoms with Gasteiger partial charge in [0, 0.05) is 0 Å². The van der Waals surface area contributed by atoms with Crippen LogP contribution in [0.25, 0.3) is 0 Å². The predicted molar refractivity (Wildman–Crippen MR) is 80.5 cm³/mol. The second-order valence-electron chi connectivity index (χ2n) is 6.38. The molecule has 3 nitrogen and oxygen atoms in total. The average molecular weight is 284 g/mol. The van der Waals surface area contributed by atoms with Crippen LogP contribution >= 0.6 is 0 Å². The van der Waals surface area contributed by atoms with Crippen LogP contribution in [0, 0.1) is 12.3 Å². The van der Waals surface area contributed by atoms with Crippen LogP contribution in [0.2, 0.25) is 16.6 Å². The number of ether oxygens (including phenoxy) is 1. The van der Waals surface area contributed by atoms with Gasteiger partial charge in [-0.3, -0.25) is 0 Å². The summed E-state index contributed by atoms with van der Waals surface area (Å²) in [5.74, 6) is 2.31. The first kappa shape index (κ1) is 16.7. The summed E-state index contributed by atoms with van der Waals surface area (Å²) in [6.45, 7) is 14.1. The van der Waals surface area contributed by atoms with Crippen LogP contribution in [0.5, 0.6) is 0 Å². The number of epoxide rings is 1. The van der Waals surface area contributed by atoms with Crippen molar-refractivity contribution in [3.63, 3.8) is 0 Å². The third-order valence-electron chi connectivity index (χ3n) is 4.31. The third-order valence-corrected chi connectivity index (χ3v) is 10.4. The largest absolute Gasteiger partial charge is 0.413 e. The van der Waals surface area contributed by atoms with Crippen molar-refractivity contribution in [2.24, 2.45) is 0 Å². The van der Waals surface area contributed by atoms with Crippen molar-refractivity contribution in [2.45, 2.75) is 76.5 Å². The Hall–Kier alpha value is -0.343. The van der Waals surface area contributed by atoms with E-state index in [1.165, 1.54) is 0 Å². The normalized spacial score (nSPS) is 24.9. The minimum Gasteiger partial charge on any atom is -0.413 e. The highest BCUT2D eigenvalue weighted by Gasteiger charge is 2.49. The maximum absolute atomic E-state index is 9.52. The zero-order chi connectivity index (χ0) is 14.8. The number of terminal acetylenes is 1. The quantitative estimate of drug-likeness (QED) is 0.444. The van der Waals surface area contributed by atoms with E-state index in [9.17, 15) is 5.11 Å². The summed E-state index contributed by atoms with van der Waals surface area (Å²) < 4.78 is 11.8. The molecule has 0 aromatic rings. The second-order valence-corrected chi connectivity index (χ2v) is 11.8. The van der Waals surface area contributed by atoms with Crippen LogP contribution in [0.15, 0.2) is 0 Å². The van der Waals surface area contributed by atoms with E-state index in [1.807, 2.05) is 0 Å². The molecule has 1 aliphatic heterocycles. The van der Waals surface area contributed by atoms with Crippen LogP contribution in [0.4, 0.5) is 0 Å². The first-order chi connectivity index (χ1) is 8.77. The molecule has 19 heavy (non-hydrogen) atoms. The molecule has 0 spiro atoms. The Morgan fingerprint density at radius 2 is 1.63 bits per heavy atom. The highest BCUT2D eigenvalue weighted by atomic mass is 28.4. The first-order valence-corrected chi connectivity index (χ1v) is 9.35. The number of rotatable bonds is 7. The van der Waals surface area contributed by atoms with Gasteiger partial charge >= 0.3 is 0 Å². The Labute approximate surface area is 118 Å². The van der Waals surface area contributed by atoms with Gasteiger partial charge in [-0.25, -0.2) is 0 Å². The summed E-state index contributed by atoms with van der Waals surface area (Å²) in [6, 6.07) is 0. The molecule has 4 heteroatoms. The molecule has 0 amide bonds. The molecule has 1 heterocycles. The standard InChI is InChI=1S/C15H28O3Si/c1-8-13(16)15-14(18-15)9-17-19(10(2)3,11(4)5)12(6)7/h1,10-16H,9H2,2-7H3/t13-,14+,15?/m1/s1. The van der Waals surface area contributed by atoms with Crippen molar-refractivity contribution in [3.8, 4) is 12.3 Å². The molecular weight excluding hydrogens is 256 g/mol. The maximum atomic E-state index is 9.52. The van der Waals surface area contributed by atoms with Crippen LogP contribution in [-0.4, -0.2) is 38.3 Å². The van der Waals surface area contributed by atoms with Gasteiger partial charge in [0.25, 0.3) is 0 Å². The maximum Gasteiger partial charge on any atom is 0.200 e. The molecule has 0 aliphatic carbocycles. The lowest BCUT2D eigenvalue weighted by molar-refractivity contribution is 0.184. The monoisotopic (exact) mass is 284 g/mol. The van der Waals surface area contributed by atoms with Crippen LogP contribution in [-0.2, 0) is 9.16 Å². The van der Waals surface area contributed by atoms with E-state index in [4.69, 9.17) is 15.6 Å². The van der Waals surface area contributed by atoms with Gasteiger partial charge in [0.1, 0.15) is 18.3 Å². The third kappa shape index (κ3) is 3.40. The number of hydrogen-bond donors (Lipinski definition) is 1. The molecule has 1 saturated heterocycles. The lowest BCUT2D eigenvalue weighted by atomic mass is 10.2. The Morgan fingerprint density at radius 3 is 2.00 bits per heavy atom. The SMILES string of the molecule is C#C[C@@H](O)C1O[C@H]1CO[Si](C(C)C)(C(C)C)C(C)C. The summed E-state index contributed by atoms with van der Waals surface area (Å²) in [4.78, 5) is 0. The van der Waals surface area contributed by atoms with Gasteiger partial charge in [-0.2, -0.15) is 0 Å². The van der Waals surface area contributed by atoms with Crippen molar-refractivity contribution in [2.75, 3.05) is 6.61 Å². The molecule has 1 unspecified atom stereocenters. The molecule has 0 aromatic heterocycles. The number of aliphatic hydroxyl groups is 1. The fraction of sp³-hybridized carbons (Fsp3) is 0.867. The van der Waals surface area contributed by atoms with Gasteiger partial charge < -0.3 is 14.3 Å². The zero-order valence-electron chi connectivity index (χ0n) is 13.0. The Balaban J connectivity index is 2.64. The Kier molecular flexibility index (Phi) is 5.63. The fourth-order valence-electron chi connectivity index (χ4n) is 3.39. The summed E-state index contributed by atoms with van der Waals surface area (Å²) in [7, 11) is -1.84. The van der Waals surface area contributed by atoms with Crippen LogP contribution in [0.3, 0.4) is 0 Å². The van der Waals surface area contributed by atoms with E-state index in [1.54, 1.807) is 0 Å².